The first-order valence-electron chi connectivity index (χ1n) is 8.78. The molecule has 1 fully saturated rings. The van der Waals surface area contributed by atoms with Crippen LogP contribution < -0.4 is 10.6 Å². The molecule has 9 heteroatoms. The summed E-state index contributed by atoms with van der Waals surface area (Å²) in [4.78, 5) is 12.9. The van der Waals surface area contributed by atoms with Crippen molar-refractivity contribution in [3.8, 4) is 11.4 Å². The number of hydrogen-bond donors (Lipinski definition) is 2. The van der Waals surface area contributed by atoms with E-state index >= 15 is 0 Å². The first-order chi connectivity index (χ1) is 12.9. The molecule has 4 rings (SSSR count). The van der Waals surface area contributed by atoms with Crippen LogP contribution in [0, 0.1) is 0 Å². The van der Waals surface area contributed by atoms with Crippen LogP contribution in [0.4, 0.5) is 19.0 Å². The van der Waals surface area contributed by atoms with E-state index in [1.807, 2.05) is 0 Å². The fraction of sp³-hybridized carbons (Fsp3) is 0.389. The number of hydrogen-bond acceptors (Lipinski definition) is 5. The molecular formula is C18H19F3N6. The topological polar surface area (TPSA) is 67.1 Å². The first-order valence-corrected chi connectivity index (χ1v) is 8.78. The Hall–Kier alpha value is -2.68. The third kappa shape index (κ3) is 3.59. The Balaban J connectivity index is 1.67. The molecule has 1 aliphatic rings. The molecule has 1 saturated heterocycles. The fourth-order valence-electron chi connectivity index (χ4n) is 3.33. The van der Waals surface area contributed by atoms with E-state index in [0.29, 0.717) is 28.9 Å². The van der Waals surface area contributed by atoms with Crippen molar-refractivity contribution in [2.45, 2.75) is 38.0 Å². The quantitative estimate of drug-likeness (QED) is 0.734. The highest BCUT2D eigenvalue weighted by atomic mass is 19.4. The average Bonchev–Trinajstić information content (AvgIpc) is 3.06. The van der Waals surface area contributed by atoms with Gasteiger partial charge in [0.05, 0.1) is 29.8 Å². The second kappa shape index (κ2) is 6.80. The van der Waals surface area contributed by atoms with Crippen molar-refractivity contribution in [1.29, 1.82) is 0 Å². The Labute approximate surface area is 153 Å². The minimum absolute atomic E-state index is 0.224. The summed E-state index contributed by atoms with van der Waals surface area (Å²) in [5.41, 5.74) is 0.604. The normalized spacial score (nSPS) is 20.7. The van der Waals surface area contributed by atoms with Gasteiger partial charge in [0.1, 0.15) is 17.2 Å². The number of fused-ring (bicyclic) bond motifs is 1. The van der Waals surface area contributed by atoms with Gasteiger partial charge in [-0.3, -0.25) is 9.38 Å². The third-order valence-electron chi connectivity index (χ3n) is 4.82. The zero-order chi connectivity index (χ0) is 19.0. The summed E-state index contributed by atoms with van der Waals surface area (Å²) >= 11 is 0. The Kier molecular flexibility index (Phi) is 4.47. The second-order valence-corrected chi connectivity index (χ2v) is 6.71. The molecular weight excluding hydrogens is 357 g/mol. The summed E-state index contributed by atoms with van der Waals surface area (Å²) < 4.78 is 40.5. The highest BCUT2D eigenvalue weighted by molar-refractivity contribution is 5.61. The van der Waals surface area contributed by atoms with Crippen molar-refractivity contribution < 1.29 is 13.2 Å². The summed E-state index contributed by atoms with van der Waals surface area (Å²) in [6.07, 6.45) is 3.36. The van der Waals surface area contributed by atoms with Crippen molar-refractivity contribution in [3.05, 3.63) is 42.5 Å². The summed E-state index contributed by atoms with van der Waals surface area (Å²) in [5.74, 6) is 0.593. The molecule has 2 N–H and O–H groups in total. The number of nitrogens with zero attached hydrogens (tertiary/aromatic N) is 4. The van der Waals surface area contributed by atoms with E-state index < -0.39 is 11.7 Å². The van der Waals surface area contributed by atoms with Gasteiger partial charge in [0.15, 0.2) is 0 Å². The van der Waals surface area contributed by atoms with E-state index in [4.69, 9.17) is 0 Å². The SMILES string of the molecule is CC1NCCCC1Nc1cncc(-c2cnc3ccc(C(F)(F)F)cn23)n1. The van der Waals surface area contributed by atoms with Gasteiger partial charge < -0.3 is 10.6 Å². The lowest BCUT2D eigenvalue weighted by Crippen LogP contribution is -2.46. The van der Waals surface area contributed by atoms with Gasteiger partial charge in [0, 0.05) is 18.3 Å². The number of aromatic nitrogens is 4. The van der Waals surface area contributed by atoms with E-state index in [1.54, 1.807) is 6.20 Å². The van der Waals surface area contributed by atoms with Crippen LogP contribution in [0.3, 0.4) is 0 Å². The summed E-state index contributed by atoms with van der Waals surface area (Å²) in [5, 5.41) is 6.78. The van der Waals surface area contributed by atoms with Gasteiger partial charge in [-0.15, -0.1) is 0 Å². The third-order valence-corrected chi connectivity index (χ3v) is 4.82. The highest BCUT2D eigenvalue weighted by Gasteiger charge is 2.31. The van der Waals surface area contributed by atoms with Gasteiger partial charge in [-0.25, -0.2) is 9.97 Å². The van der Waals surface area contributed by atoms with Crippen molar-refractivity contribution in [2.24, 2.45) is 0 Å². The van der Waals surface area contributed by atoms with Crippen LogP contribution in [0.2, 0.25) is 0 Å². The summed E-state index contributed by atoms with van der Waals surface area (Å²) in [7, 11) is 0. The monoisotopic (exact) mass is 376 g/mol. The molecule has 3 aromatic rings. The number of nitrogens with one attached hydrogen (secondary N) is 2. The molecule has 27 heavy (non-hydrogen) atoms. The molecule has 0 aromatic carbocycles. The molecule has 1 aliphatic heterocycles. The van der Waals surface area contributed by atoms with E-state index in [2.05, 4.69) is 32.5 Å². The number of alkyl halides is 3. The van der Waals surface area contributed by atoms with Crippen LogP contribution in [0.1, 0.15) is 25.3 Å². The molecule has 4 heterocycles. The molecule has 0 saturated carbocycles. The zero-order valence-electron chi connectivity index (χ0n) is 14.7. The van der Waals surface area contributed by atoms with Gasteiger partial charge in [-0.05, 0) is 38.4 Å². The predicted molar refractivity (Wildman–Crippen MR) is 95.3 cm³/mol. The van der Waals surface area contributed by atoms with E-state index in [9.17, 15) is 13.2 Å². The van der Waals surface area contributed by atoms with Crippen LogP contribution >= 0.6 is 0 Å². The molecule has 0 radical (unpaired) electrons. The first kappa shape index (κ1) is 17.7. The van der Waals surface area contributed by atoms with Gasteiger partial charge in [-0.1, -0.05) is 0 Å². The molecule has 3 aromatic heterocycles. The Morgan fingerprint density at radius 3 is 2.85 bits per heavy atom. The van der Waals surface area contributed by atoms with Crippen LogP contribution in [-0.2, 0) is 6.18 Å². The second-order valence-electron chi connectivity index (χ2n) is 6.71. The van der Waals surface area contributed by atoms with Crippen LogP contribution in [-0.4, -0.2) is 38.0 Å². The molecule has 0 amide bonds. The van der Waals surface area contributed by atoms with Gasteiger partial charge >= 0.3 is 6.18 Å². The predicted octanol–water partition coefficient (Wildman–Crippen LogP) is 3.36. The number of piperidine rings is 1. The van der Waals surface area contributed by atoms with Crippen molar-refractivity contribution >= 4 is 11.5 Å². The number of halogens is 3. The maximum absolute atomic E-state index is 13.0. The lowest BCUT2D eigenvalue weighted by Gasteiger charge is -2.30. The maximum Gasteiger partial charge on any atom is 0.417 e. The average molecular weight is 376 g/mol. The number of pyridine rings is 1. The Morgan fingerprint density at radius 2 is 2.07 bits per heavy atom. The van der Waals surface area contributed by atoms with E-state index in [1.165, 1.54) is 22.9 Å². The van der Waals surface area contributed by atoms with Crippen LogP contribution in [0.25, 0.3) is 17.0 Å². The van der Waals surface area contributed by atoms with Crippen LogP contribution in [0.5, 0.6) is 0 Å². The standard InChI is InChI=1S/C18H19F3N6/c1-11-13(3-2-6-23-11)25-16-9-22-7-14(26-16)15-8-24-17-5-4-12(10-27(15)17)18(19,20)21/h4-5,7-11,13,23H,2-3,6H2,1H3,(H,25,26). The largest absolute Gasteiger partial charge is 0.417 e. The number of anilines is 1. The van der Waals surface area contributed by atoms with E-state index in [0.717, 1.165) is 31.6 Å². The van der Waals surface area contributed by atoms with Gasteiger partial charge in [-0.2, -0.15) is 13.2 Å². The molecule has 2 unspecified atom stereocenters. The smallest absolute Gasteiger partial charge is 0.364 e. The summed E-state index contributed by atoms with van der Waals surface area (Å²) in [6, 6.07) is 2.89. The Bertz CT molecular complexity index is 952. The zero-order valence-corrected chi connectivity index (χ0v) is 14.7. The lowest BCUT2D eigenvalue weighted by atomic mass is 10.00. The fourth-order valence-corrected chi connectivity index (χ4v) is 3.33. The molecule has 2 atom stereocenters. The number of rotatable bonds is 3. The van der Waals surface area contributed by atoms with Crippen molar-refractivity contribution in [3.63, 3.8) is 0 Å². The minimum Gasteiger partial charge on any atom is -0.364 e. The molecule has 0 spiro atoms. The molecule has 6 nitrogen and oxygen atoms in total. The Morgan fingerprint density at radius 1 is 1.22 bits per heavy atom. The van der Waals surface area contributed by atoms with E-state index in [-0.39, 0.29) is 6.04 Å². The lowest BCUT2D eigenvalue weighted by molar-refractivity contribution is -0.137. The highest BCUT2D eigenvalue weighted by Crippen LogP contribution is 2.30. The van der Waals surface area contributed by atoms with Gasteiger partial charge in [0.2, 0.25) is 0 Å². The van der Waals surface area contributed by atoms with Gasteiger partial charge in [0.25, 0.3) is 0 Å². The summed E-state index contributed by atoms with van der Waals surface area (Å²) in [6.45, 7) is 3.10. The molecule has 0 bridgehead atoms. The minimum atomic E-state index is -4.42. The van der Waals surface area contributed by atoms with Crippen molar-refractivity contribution in [2.75, 3.05) is 11.9 Å². The van der Waals surface area contributed by atoms with Crippen LogP contribution in [0.15, 0.2) is 36.9 Å². The molecule has 142 valence electrons. The van der Waals surface area contributed by atoms with Crippen molar-refractivity contribution in [1.82, 2.24) is 24.7 Å². The molecule has 0 aliphatic carbocycles. The number of imidazole rings is 1. The maximum atomic E-state index is 13.0.